The summed E-state index contributed by atoms with van der Waals surface area (Å²) in [7, 11) is 0. The number of aryl methyl sites for hydroxylation is 1. The highest BCUT2D eigenvalue weighted by Crippen LogP contribution is 2.34. The number of hydrogen-bond acceptors (Lipinski definition) is 5. The Hall–Kier alpha value is -2.64. The van der Waals surface area contributed by atoms with E-state index in [2.05, 4.69) is 50.6 Å². The van der Waals surface area contributed by atoms with E-state index in [1.54, 1.807) is 11.3 Å². The molecule has 2 aromatic carbocycles. The maximum absolute atomic E-state index is 12.5. The Morgan fingerprint density at radius 2 is 1.97 bits per heavy atom. The normalized spacial score (nSPS) is 11.2. The van der Waals surface area contributed by atoms with Crippen LogP contribution in [-0.2, 0) is 11.3 Å². The molecule has 0 atom stereocenters. The quantitative estimate of drug-likeness (QED) is 0.366. The molecular weight excluding hydrogens is 412 g/mol. The van der Waals surface area contributed by atoms with Crippen LogP contribution in [0.1, 0.15) is 24.5 Å². The Balaban J connectivity index is 1.53. The van der Waals surface area contributed by atoms with E-state index in [0.717, 1.165) is 46.3 Å². The Morgan fingerprint density at radius 3 is 2.80 bits per heavy atom. The zero-order valence-corrected chi connectivity index (χ0v) is 18.9. The number of anilines is 1. The second-order valence-electron chi connectivity index (χ2n) is 7.19. The fourth-order valence-electron chi connectivity index (χ4n) is 3.37. The third kappa shape index (κ3) is 4.13. The lowest BCUT2D eigenvalue weighted by atomic mass is 10.1. The zero-order valence-electron chi connectivity index (χ0n) is 17.3. The van der Waals surface area contributed by atoms with Gasteiger partial charge in [0.05, 0.1) is 5.75 Å². The Labute approximate surface area is 184 Å². The van der Waals surface area contributed by atoms with Crippen molar-refractivity contribution in [1.82, 2.24) is 14.8 Å². The van der Waals surface area contributed by atoms with Crippen molar-refractivity contribution in [3.63, 3.8) is 0 Å². The van der Waals surface area contributed by atoms with Gasteiger partial charge < -0.3 is 9.88 Å². The molecule has 0 radical (unpaired) electrons. The second kappa shape index (κ2) is 9.02. The first-order valence-corrected chi connectivity index (χ1v) is 11.8. The van der Waals surface area contributed by atoms with E-state index in [4.69, 9.17) is 0 Å². The predicted molar refractivity (Wildman–Crippen MR) is 126 cm³/mol. The van der Waals surface area contributed by atoms with Crippen LogP contribution in [0.2, 0.25) is 0 Å². The molecule has 1 N–H and O–H groups in total. The summed E-state index contributed by atoms with van der Waals surface area (Å²) in [4.78, 5) is 12.5. The molecule has 0 fully saturated rings. The number of fused-ring (bicyclic) bond motifs is 1. The molecule has 0 spiro atoms. The standard InChI is InChI=1S/C23H24N4OS2/c1-4-12-27-22(18-13-29-20-11-6-5-9-17(18)20)25-26-23(27)30-14-21(28)24-19-10-7-8-15(2)16(19)3/h5-11,13H,4,12,14H2,1-3H3,(H,24,28). The monoisotopic (exact) mass is 436 g/mol. The van der Waals surface area contributed by atoms with Gasteiger partial charge >= 0.3 is 0 Å². The number of rotatable bonds is 7. The first-order valence-electron chi connectivity index (χ1n) is 9.97. The van der Waals surface area contributed by atoms with Crippen LogP contribution >= 0.6 is 23.1 Å². The summed E-state index contributed by atoms with van der Waals surface area (Å²) < 4.78 is 3.37. The molecule has 0 bridgehead atoms. The van der Waals surface area contributed by atoms with Crippen LogP contribution in [0.4, 0.5) is 5.69 Å². The number of nitrogens with one attached hydrogen (secondary N) is 1. The molecule has 4 aromatic rings. The van der Waals surface area contributed by atoms with Crippen LogP contribution in [0.15, 0.2) is 53.0 Å². The maximum Gasteiger partial charge on any atom is 0.234 e. The highest BCUT2D eigenvalue weighted by atomic mass is 32.2. The van der Waals surface area contributed by atoms with Gasteiger partial charge in [0, 0.05) is 33.3 Å². The number of amides is 1. The van der Waals surface area contributed by atoms with Crippen LogP contribution in [0.25, 0.3) is 21.5 Å². The van der Waals surface area contributed by atoms with Gasteiger partial charge in [-0.25, -0.2) is 0 Å². The maximum atomic E-state index is 12.5. The smallest absolute Gasteiger partial charge is 0.234 e. The molecular formula is C23H24N4OS2. The molecule has 2 heterocycles. The zero-order chi connectivity index (χ0) is 21.1. The first kappa shape index (κ1) is 20.6. The van der Waals surface area contributed by atoms with Crippen LogP contribution < -0.4 is 5.32 Å². The van der Waals surface area contributed by atoms with E-state index in [-0.39, 0.29) is 5.91 Å². The van der Waals surface area contributed by atoms with Crippen molar-refractivity contribution < 1.29 is 4.79 Å². The Morgan fingerprint density at radius 1 is 1.13 bits per heavy atom. The van der Waals surface area contributed by atoms with Crippen LogP contribution in [-0.4, -0.2) is 26.4 Å². The highest BCUT2D eigenvalue weighted by molar-refractivity contribution is 7.99. The van der Waals surface area contributed by atoms with E-state index < -0.39 is 0 Å². The minimum Gasteiger partial charge on any atom is -0.325 e. The average molecular weight is 437 g/mol. The fraction of sp³-hybridized carbons (Fsp3) is 0.261. The minimum atomic E-state index is -0.0396. The second-order valence-corrected chi connectivity index (χ2v) is 9.04. The average Bonchev–Trinajstić information content (AvgIpc) is 3.34. The summed E-state index contributed by atoms with van der Waals surface area (Å²) in [5.74, 6) is 1.12. The van der Waals surface area contributed by atoms with Gasteiger partial charge in [-0.2, -0.15) is 0 Å². The van der Waals surface area contributed by atoms with Crippen molar-refractivity contribution in [2.75, 3.05) is 11.1 Å². The lowest BCUT2D eigenvalue weighted by Gasteiger charge is -2.11. The number of carbonyl (C=O) groups excluding carboxylic acids is 1. The molecule has 30 heavy (non-hydrogen) atoms. The van der Waals surface area contributed by atoms with Crippen LogP contribution in [0.5, 0.6) is 0 Å². The largest absolute Gasteiger partial charge is 0.325 e. The van der Waals surface area contributed by atoms with Crippen LogP contribution in [0, 0.1) is 13.8 Å². The van der Waals surface area contributed by atoms with Crippen molar-refractivity contribution in [3.05, 3.63) is 59.0 Å². The van der Waals surface area contributed by atoms with Crippen molar-refractivity contribution in [2.45, 2.75) is 38.9 Å². The van der Waals surface area contributed by atoms with Crippen molar-refractivity contribution in [1.29, 1.82) is 0 Å². The number of nitrogens with zero attached hydrogens (tertiary/aromatic N) is 3. The molecule has 0 aliphatic carbocycles. The Kier molecular flexibility index (Phi) is 6.20. The van der Waals surface area contributed by atoms with E-state index >= 15 is 0 Å². The van der Waals surface area contributed by atoms with Gasteiger partial charge in [-0.05, 0) is 43.5 Å². The molecule has 4 rings (SSSR count). The fourth-order valence-corrected chi connectivity index (χ4v) is 5.08. The number of carbonyl (C=O) groups is 1. The third-order valence-corrected chi connectivity index (χ3v) is 7.03. The molecule has 0 aliphatic heterocycles. The van der Waals surface area contributed by atoms with Gasteiger partial charge in [0.2, 0.25) is 5.91 Å². The van der Waals surface area contributed by atoms with E-state index in [1.807, 2.05) is 38.1 Å². The molecule has 0 saturated carbocycles. The molecule has 5 nitrogen and oxygen atoms in total. The number of hydrogen-bond donors (Lipinski definition) is 1. The molecule has 154 valence electrons. The molecule has 0 saturated heterocycles. The SMILES string of the molecule is CCCn1c(SCC(=O)Nc2cccc(C)c2C)nnc1-c1csc2ccccc12. The number of thioether (sulfide) groups is 1. The van der Waals surface area contributed by atoms with Gasteiger partial charge in [0.15, 0.2) is 11.0 Å². The lowest BCUT2D eigenvalue weighted by molar-refractivity contribution is -0.113. The summed E-state index contributed by atoms with van der Waals surface area (Å²) >= 11 is 3.14. The summed E-state index contributed by atoms with van der Waals surface area (Å²) in [5.41, 5.74) is 4.22. The number of aromatic nitrogens is 3. The number of benzene rings is 2. The van der Waals surface area contributed by atoms with Gasteiger partial charge in [0.1, 0.15) is 0 Å². The molecule has 1 amide bonds. The minimum absolute atomic E-state index is 0.0396. The van der Waals surface area contributed by atoms with Crippen molar-refractivity contribution >= 4 is 44.8 Å². The van der Waals surface area contributed by atoms with E-state index in [1.165, 1.54) is 21.8 Å². The summed E-state index contributed by atoms with van der Waals surface area (Å²) in [5, 5.41) is 16.0. The van der Waals surface area contributed by atoms with Crippen LogP contribution in [0.3, 0.4) is 0 Å². The highest BCUT2D eigenvalue weighted by Gasteiger charge is 2.18. The summed E-state index contributed by atoms with van der Waals surface area (Å²) in [6.45, 7) is 7.01. The van der Waals surface area contributed by atoms with E-state index in [9.17, 15) is 4.79 Å². The molecule has 7 heteroatoms. The van der Waals surface area contributed by atoms with Gasteiger partial charge in [-0.1, -0.05) is 49.0 Å². The topological polar surface area (TPSA) is 59.8 Å². The third-order valence-electron chi connectivity index (χ3n) is 5.10. The predicted octanol–water partition coefficient (Wildman–Crippen LogP) is 5.92. The van der Waals surface area contributed by atoms with E-state index in [0.29, 0.717) is 5.75 Å². The Bertz CT molecular complexity index is 1200. The van der Waals surface area contributed by atoms with Gasteiger partial charge in [-0.3, -0.25) is 4.79 Å². The van der Waals surface area contributed by atoms with Gasteiger partial charge in [-0.15, -0.1) is 21.5 Å². The van der Waals surface area contributed by atoms with Crippen molar-refractivity contribution in [3.8, 4) is 11.4 Å². The van der Waals surface area contributed by atoms with Gasteiger partial charge in [0.25, 0.3) is 0 Å². The molecule has 2 aromatic heterocycles. The summed E-state index contributed by atoms with van der Waals surface area (Å²) in [6.07, 6.45) is 0.968. The lowest BCUT2D eigenvalue weighted by Crippen LogP contribution is -2.15. The number of thiophene rings is 1. The summed E-state index contributed by atoms with van der Waals surface area (Å²) in [6, 6.07) is 14.3. The molecule has 0 aliphatic rings. The van der Waals surface area contributed by atoms with Crippen molar-refractivity contribution in [2.24, 2.45) is 0 Å². The first-order chi connectivity index (χ1) is 14.6. The molecule has 0 unspecified atom stereocenters.